The number of hydrogen-bond donors (Lipinski definition) is 1. The second kappa shape index (κ2) is 9.66. The predicted octanol–water partition coefficient (Wildman–Crippen LogP) is 3.33. The quantitative estimate of drug-likeness (QED) is 0.397. The van der Waals surface area contributed by atoms with Gasteiger partial charge >= 0.3 is 0 Å². The van der Waals surface area contributed by atoms with Crippen molar-refractivity contribution in [3.8, 4) is 11.5 Å². The molecule has 31 heavy (non-hydrogen) atoms. The van der Waals surface area contributed by atoms with Crippen molar-refractivity contribution in [3.63, 3.8) is 0 Å². The van der Waals surface area contributed by atoms with Gasteiger partial charge in [0, 0.05) is 19.7 Å². The number of aryl methyl sites for hydroxylation is 1. The predicted molar refractivity (Wildman–Crippen MR) is 116 cm³/mol. The Labute approximate surface area is 181 Å². The minimum absolute atomic E-state index is 0.0221. The minimum Gasteiger partial charge on any atom is -0.507 e. The van der Waals surface area contributed by atoms with Gasteiger partial charge in [0.25, 0.3) is 11.7 Å². The van der Waals surface area contributed by atoms with Gasteiger partial charge in [-0.3, -0.25) is 9.59 Å². The van der Waals surface area contributed by atoms with Gasteiger partial charge in [-0.05, 0) is 29.7 Å². The van der Waals surface area contributed by atoms with Gasteiger partial charge in [-0.25, -0.2) is 0 Å². The van der Waals surface area contributed by atoms with Gasteiger partial charge in [0.2, 0.25) is 0 Å². The molecule has 0 spiro atoms. The van der Waals surface area contributed by atoms with Crippen molar-refractivity contribution in [2.45, 2.75) is 19.4 Å². The number of Topliss-reactive ketones (excluding diaryl/α,β-unsaturated/α-hetero) is 1. The normalized spacial score (nSPS) is 17.8. The van der Waals surface area contributed by atoms with Gasteiger partial charge in [-0.15, -0.1) is 0 Å². The first-order valence-corrected chi connectivity index (χ1v) is 10.0. The van der Waals surface area contributed by atoms with Crippen molar-refractivity contribution >= 4 is 17.4 Å². The molecule has 2 aromatic rings. The van der Waals surface area contributed by atoms with Gasteiger partial charge in [-0.2, -0.15) is 0 Å². The maximum Gasteiger partial charge on any atom is 0.295 e. The van der Waals surface area contributed by atoms with Crippen LogP contribution in [0.3, 0.4) is 0 Å². The molecule has 0 aliphatic carbocycles. The molecule has 1 amide bonds. The molecule has 1 aliphatic heterocycles. The molecule has 7 nitrogen and oxygen atoms in total. The monoisotopic (exact) mass is 425 g/mol. The van der Waals surface area contributed by atoms with Crippen LogP contribution in [-0.2, 0) is 20.7 Å². The van der Waals surface area contributed by atoms with Crippen LogP contribution in [0.2, 0.25) is 0 Å². The van der Waals surface area contributed by atoms with Crippen LogP contribution in [0.15, 0.2) is 48.0 Å². The lowest BCUT2D eigenvalue weighted by Gasteiger charge is -2.25. The van der Waals surface area contributed by atoms with E-state index in [0.29, 0.717) is 17.1 Å². The first-order chi connectivity index (χ1) is 15.0. The molecule has 1 saturated heterocycles. The van der Waals surface area contributed by atoms with Gasteiger partial charge in [0.1, 0.15) is 17.3 Å². The van der Waals surface area contributed by atoms with E-state index in [0.717, 1.165) is 17.5 Å². The number of amides is 1. The second-order valence-corrected chi connectivity index (χ2v) is 7.15. The highest BCUT2D eigenvalue weighted by atomic mass is 16.5. The third-order valence-electron chi connectivity index (χ3n) is 5.44. The van der Waals surface area contributed by atoms with E-state index in [1.54, 1.807) is 18.2 Å². The molecule has 0 aromatic heterocycles. The van der Waals surface area contributed by atoms with Crippen LogP contribution in [0.25, 0.3) is 5.76 Å². The maximum atomic E-state index is 13.0. The number of ether oxygens (including phenoxy) is 3. The Morgan fingerprint density at radius 1 is 1.03 bits per heavy atom. The van der Waals surface area contributed by atoms with Crippen LogP contribution in [0.1, 0.15) is 29.7 Å². The molecule has 0 radical (unpaired) electrons. The van der Waals surface area contributed by atoms with E-state index in [-0.39, 0.29) is 24.5 Å². The molecule has 1 atom stereocenters. The standard InChI is InChI=1S/C24H27NO6/c1-5-15-6-8-16(9-7-15)21-20(23(27)24(28)25(21)12-13-29-2)22(26)18-11-10-17(30-3)14-19(18)31-4/h6-11,14,21,26H,5,12-13H2,1-4H3/b22-20-. The van der Waals surface area contributed by atoms with Gasteiger partial charge in [0.15, 0.2) is 0 Å². The number of benzene rings is 2. The molecular weight excluding hydrogens is 398 g/mol. The Morgan fingerprint density at radius 3 is 2.32 bits per heavy atom. The Hall–Kier alpha value is -3.32. The van der Waals surface area contributed by atoms with Crippen LogP contribution in [0.4, 0.5) is 0 Å². The number of methoxy groups -OCH3 is 3. The van der Waals surface area contributed by atoms with Gasteiger partial charge < -0.3 is 24.2 Å². The van der Waals surface area contributed by atoms with Crippen molar-refractivity contribution in [1.29, 1.82) is 0 Å². The summed E-state index contributed by atoms with van der Waals surface area (Å²) in [6.45, 7) is 2.54. The number of nitrogens with zero attached hydrogens (tertiary/aromatic N) is 1. The summed E-state index contributed by atoms with van der Waals surface area (Å²) in [5, 5.41) is 11.2. The minimum atomic E-state index is -0.740. The summed E-state index contributed by atoms with van der Waals surface area (Å²) in [6, 6.07) is 11.8. The molecule has 7 heteroatoms. The van der Waals surface area contributed by atoms with Crippen LogP contribution in [-0.4, -0.2) is 56.2 Å². The molecule has 0 saturated carbocycles. The zero-order valence-corrected chi connectivity index (χ0v) is 18.2. The third kappa shape index (κ3) is 4.27. The third-order valence-corrected chi connectivity index (χ3v) is 5.44. The number of carbonyl (C=O) groups excluding carboxylic acids is 2. The molecule has 1 N–H and O–H groups in total. The fourth-order valence-corrected chi connectivity index (χ4v) is 3.72. The topological polar surface area (TPSA) is 85.3 Å². The average molecular weight is 425 g/mol. The zero-order chi connectivity index (χ0) is 22.5. The Balaban J connectivity index is 2.18. The number of ketones is 1. The average Bonchev–Trinajstić information content (AvgIpc) is 3.06. The number of aliphatic hydroxyl groups excluding tert-OH is 1. The summed E-state index contributed by atoms with van der Waals surface area (Å²) in [6.07, 6.45) is 0.868. The van der Waals surface area contributed by atoms with E-state index < -0.39 is 17.7 Å². The van der Waals surface area contributed by atoms with Gasteiger partial charge in [-0.1, -0.05) is 31.2 Å². The van der Waals surface area contributed by atoms with E-state index in [9.17, 15) is 14.7 Å². The first-order valence-electron chi connectivity index (χ1n) is 10.0. The summed E-state index contributed by atoms with van der Waals surface area (Å²) in [5.41, 5.74) is 2.20. The van der Waals surface area contributed by atoms with Crippen LogP contribution in [0, 0.1) is 0 Å². The van der Waals surface area contributed by atoms with Crippen LogP contribution in [0.5, 0.6) is 11.5 Å². The Kier molecular flexibility index (Phi) is 6.97. The van der Waals surface area contributed by atoms with E-state index >= 15 is 0 Å². The number of likely N-dealkylation sites (tertiary alicyclic amines) is 1. The molecule has 164 valence electrons. The maximum absolute atomic E-state index is 13.0. The number of hydrogen-bond acceptors (Lipinski definition) is 6. The summed E-state index contributed by atoms with van der Waals surface area (Å²) in [4.78, 5) is 27.3. The molecule has 1 unspecified atom stereocenters. The van der Waals surface area contributed by atoms with Crippen molar-refractivity contribution < 1.29 is 28.9 Å². The number of rotatable bonds is 8. The molecule has 2 aromatic carbocycles. The summed E-state index contributed by atoms with van der Waals surface area (Å²) >= 11 is 0. The smallest absolute Gasteiger partial charge is 0.295 e. The highest BCUT2D eigenvalue weighted by molar-refractivity contribution is 6.46. The molecule has 1 heterocycles. The first kappa shape index (κ1) is 22.4. The van der Waals surface area contributed by atoms with E-state index in [2.05, 4.69) is 6.92 Å². The van der Waals surface area contributed by atoms with Crippen molar-refractivity contribution in [3.05, 3.63) is 64.7 Å². The van der Waals surface area contributed by atoms with Gasteiger partial charge in [0.05, 0.1) is 38.0 Å². The lowest BCUT2D eigenvalue weighted by molar-refractivity contribution is -0.140. The van der Waals surface area contributed by atoms with E-state index in [1.807, 2.05) is 24.3 Å². The van der Waals surface area contributed by atoms with Crippen LogP contribution >= 0.6 is 0 Å². The zero-order valence-electron chi connectivity index (χ0n) is 18.2. The van der Waals surface area contributed by atoms with E-state index in [1.165, 1.54) is 26.2 Å². The summed E-state index contributed by atoms with van der Waals surface area (Å²) in [7, 11) is 4.52. The molecule has 1 fully saturated rings. The summed E-state index contributed by atoms with van der Waals surface area (Å²) in [5.74, 6) is -0.824. The molecule has 1 aliphatic rings. The number of carbonyl (C=O) groups is 2. The molecule has 0 bridgehead atoms. The van der Waals surface area contributed by atoms with Crippen molar-refractivity contribution in [2.75, 3.05) is 34.5 Å². The van der Waals surface area contributed by atoms with E-state index in [4.69, 9.17) is 14.2 Å². The summed E-state index contributed by atoms with van der Waals surface area (Å²) < 4.78 is 15.7. The highest BCUT2D eigenvalue weighted by Crippen LogP contribution is 2.41. The lowest BCUT2D eigenvalue weighted by Crippen LogP contribution is -2.32. The fourth-order valence-electron chi connectivity index (χ4n) is 3.72. The van der Waals surface area contributed by atoms with Crippen LogP contribution < -0.4 is 9.47 Å². The second-order valence-electron chi connectivity index (χ2n) is 7.15. The SMILES string of the molecule is CCc1ccc(C2/C(=C(/O)c3ccc(OC)cc3OC)C(=O)C(=O)N2CCOC)cc1. The number of aliphatic hydroxyl groups is 1. The van der Waals surface area contributed by atoms with Crippen molar-refractivity contribution in [1.82, 2.24) is 4.90 Å². The Bertz CT molecular complexity index is 996. The largest absolute Gasteiger partial charge is 0.507 e. The van der Waals surface area contributed by atoms with Crippen molar-refractivity contribution in [2.24, 2.45) is 0 Å². The lowest BCUT2D eigenvalue weighted by atomic mass is 9.94. The Morgan fingerprint density at radius 2 is 1.74 bits per heavy atom. The molecule has 3 rings (SSSR count). The highest BCUT2D eigenvalue weighted by Gasteiger charge is 2.46. The molecular formula is C24H27NO6. The fraction of sp³-hybridized carbons (Fsp3) is 0.333.